The van der Waals surface area contributed by atoms with Crippen LogP contribution in [0.4, 0.5) is 4.39 Å². The van der Waals surface area contributed by atoms with Gasteiger partial charge >= 0.3 is 0 Å². The van der Waals surface area contributed by atoms with Crippen LogP contribution >= 0.6 is 12.4 Å². The zero-order chi connectivity index (χ0) is 9.97. The molecule has 0 amide bonds. The van der Waals surface area contributed by atoms with Gasteiger partial charge in [-0.2, -0.15) is 0 Å². The van der Waals surface area contributed by atoms with E-state index >= 15 is 0 Å². The van der Waals surface area contributed by atoms with E-state index in [2.05, 4.69) is 0 Å². The van der Waals surface area contributed by atoms with Crippen LogP contribution in [-0.4, -0.2) is 0 Å². The van der Waals surface area contributed by atoms with E-state index < -0.39 is 0 Å². The molecule has 0 unspecified atom stereocenters. The van der Waals surface area contributed by atoms with Crippen LogP contribution in [0.15, 0.2) is 24.3 Å². The second kappa shape index (κ2) is 5.47. The summed E-state index contributed by atoms with van der Waals surface area (Å²) in [5, 5.41) is 0. The van der Waals surface area contributed by atoms with Crippen LogP contribution in [-0.2, 0) is 0 Å². The number of nitrogens with two attached hydrogens (primary N) is 1. The van der Waals surface area contributed by atoms with Crippen LogP contribution in [0.3, 0.4) is 0 Å². The standard InChI is InChI=1S/C12H16FN.ClH/c13-11-7-3-6-10(8-11)12(14)9-4-1-2-5-9;/h3,6-9,12H,1-2,4-5,14H2;1H/t12-;/m1./s1. The van der Waals surface area contributed by atoms with Crippen molar-refractivity contribution in [1.29, 1.82) is 0 Å². The molecular formula is C12H17ClFN. The minimum absolute atomic E-state index is 0. The molecule has 3 heteroatoms. The van der Waals surface area contributed by atoms with E-state index in [0.717, 1.165) is 5.56 Å². The van der Waals surface area contributed by atoms with Gasteiger partial charge in [0.1, 0.15) is 5.82 Å². The third kappa shape index (κ3) is 2.93. The first-order valence-corrected chi connectivity index (χ1v) is 5.28. The minimum Gasteiger partial charge on any atom is -0.324 e. The van der Waals surface area contributed by atoms with Gasteiger partial charge in [-0.05, 0) is 36.5 Å². The number of benzene rings is 1. The molecule has 15 heavy (non-hydrogen) atoms. The Bertz CT molecular complexity index is 310. The summed E-state index contributed by atoms with van der Waals surface area (Å²) in [5.74, 6) is 0.368. The van der Waals surface area contributed by atoms with Crippen molar-refractivity contribution in [3.63, 3.8) is 0 Å². The summed E-state index contributed by atoms with van der Waals surface area (Å²) in [6, 6.07) is 6.70. The van der Waals surface area contributed by atoms with Gasteiger partial charge < -0.3 is 5.73 Å². The summed E-state index contributed by atoms with van der Waals surface area (Å²) < 4.78 is 13.0. The van der Waals surface area contributed by atoms with E-state index in [4.69, 9.17) is 5.73 Å². The van der Waals surface area contributed by atoms with E-state index in [9.17, 15) is 4.39 Å². The molecule has 1 saturated carbocycles. The van der Waals surface area contributed by atoms with Crippen LogP contribution < -0.4 is 5.73 Å². The normalized spacial score (nSPS) is 18.5. The van der Waals surface area contributed by atoms with Crippen molar-refractivity contribution in [1.82, 2.24) is 0 Å². The highest BCUT2D eigenvalue weighted by molar-refractivity contribution is 5.85. The van der Waals surface area contributed by atoms with Crippen LogP contribution in [0.1, 0.15) is 37.3 Å². The molecule has 2 N–H and O–H groups in total. The van der Waals surface area contributed by atoms with Gasteiger partial charge in [-0.25, -0.2) is 4.39 Å². The molecule has 0 heterocycles. The van der Waals surface area contributed by atoms with Crippen molar-refractivity contribution < 1.29 is 4.39 Å². The van der Waals surface area contributed by atoms with Gasteiger partial charge in [-0.3, -0.25) is 0 Å². The lowest BCUT2D eigenvalue weighted by Crippen LogP contribution is -2.19. The van der Waals surface area contributed by atoms with Crippen molar-refractivity contribution >= 4 is 12.4 Å². The summed E-state index contributed by atoms with van der Waals surface area (Å²) in [6.07, 6.45) is 4.93. The number of hydrogen-bond acceptors (Lipinski definition) is 1. The van der Waals surface area contributed by atoms with Crippen molar-refractivity contribution in [3.8, 4) is 0 Å². The molecule has 0 spiro atoms. The molecule has 0 bridgehead atoms. The molecule has 1 aliphatic carbocycles. The molecule has 0 aromatic heterocycles. The Morgan fingerprint density at radius 1 is 1.27 bits per heavy atom. The molecule has 1 aromatic carbocycles. The lowest BCUT2D eigenvalue weighted by molar-refractivity contribution is 0.443. The molecule has 1 aliphatic rings. The maximum Gasteiger partial charge on any atom is 0.123 e. The van der Waals surface area contributed by atoms with E-state index in [0.29, 0.717) is 5.92 Å². The van der Waals surface area contributed by atoms with Crippen LogP contribution in [0.25, 0.3) is 0 Å². The third-order valence-electron chi connectivity index (χ3n) is 3.14. The number of hydrogen-bond donors (Lipinski definition) is 1. The molecule has 1 aromatic rings. The van der Waals surface area contributed by atoms with Crippen molar-refractivity contribution in [2.45, 2.75) is 31.7 Å². The fraction of sp³-hybridized carbons (Fsp3) is 0.500. The molecule has 0 saturated heterocycles. The monoisotopic (exact) mass is 229 g/mol. The van der Waals surface area contributed by atoms with Gasteiger partial charge in [0.25, 0.3) is 0 Å². The maximum atomic E-state index is 13.0. The molecule has 0 aliphatic heterocycles. The summed E-state index contributed by atoms with van der Waals surface area (Å²) in [4.78, 5) is 0. The lowest BCUT2D eigenvalue weighted by atomic mass is 9.92. The van der Waals surface area contributed by atoms with Gasteiger partial charge in [0.15, 0.2) is 0 Å². The Labute approximate surface area is 96.3 Å². The van der Waals surface area contributed by atoms with Gasteiger partial charge in [0.2, 0.25) is 0 Å². The highest BCUT2D eigenvalue weighted by Gasteiger charge is 2.23. The molecule has 1 nitrogen and oxygen atoms in total. The summed E-state index contributed by atoms with van der Waals surface area (Å²) in [7, 11) is 0. The summed E-state index contributed by atoms with van der Waals surface area (Å²) >= 11 is 0. The lowest BCUT2D eigenvalue weighted by Gasteiger charge is -2.18. The van der Waals surface area contributed by atoms with Crippen LogP contribution in [0, 0.1) is 11.7 Å². The molecule has 2 rings (SSSR count). The average molecular weight is 230 g/mol. The Hall–Kier alpha value is -0.600. The van der Waals surface area contributed by atoms with Gasteiger partial charge in [-0.1, -0.05) is 25.0 Å². The Morgan fingerprint density at radius 3 is 2.53 bits per heavy atom. The Morgan fingerprint density at radius 2 is 1.93 bits per heavy atom. The third-order valence-corrected chi connectivity index (χ3v) is 3.14. The van der Waals surface area contributed by atoms with Crippen LogP contribution in [0.5, 0.6) is 0 Å². The van der Waals surface area contributed by atoms with Crippen molar-refractivity contribution in [2.24, 2.45) is 11.7 Å². The predicted molar refractivity (Wildman–Crippen MR) is 62.5 cm³/mol. The van der Waals surface area contributed by atoms with Gasteiger partial charge in [-0.15, -0.1) is 12.4 Å². The smallest absolute Gasteiger partial charge is 0.123 e. The fourth-order valence-corrected chi connectivity index (χ4v) is 2.30. The average Bonchev–Trinajstić information content (AvgIpc) is 2.69. The van der Waals surface area contributed by atoms with Crippen molar-refractivity contribution in [2.75, 3.05) is 0 Å². The zero-order valence-electron chi connectivity index (χ0n) is 8.66. The zero-order valence-corrected chi connectivity index (χ0v) is 9.47. The first kappa shape index (κ1) is 12.5. The Kier molecular flexibility index (Phi) is 4.55. The first-order valence-electron chi connectivity index (χ1n) is 5.28. The predicted octanol–water partition coefficient (Wildman–Crippen LogP) is 3.44. The van der Waals surface area contributed by atoms with E-state index in [-0.39, 0.29) is 24.3 Å². The van der Waals surface area contributed by atoms with E-state index in [1.54, 1.807) is 12.1 Å². The highest BCUT2D eigenvalue weighted by Crippen LogP contribution is 2.34. The Balaban J connectivity index is 0.00000112. The largest absolute Gasteiger partial charge is 0.324 e. The highest BCUT2D eigenvalue weighted by atomic mass is 35.5. The summed E-state index contributed by atoms with van der Waals surface area (Å²) in [6.45, 7) is 0. The van der Waals surface area contributed by atoms with E-state index in [1.165, 1.54) is 31.7 Å². The topological polar surface area (TPSA) is 26.0 Å². The molecule has 1 fully saturated rings. The number of halogens is 2. The van der Waals surface area contributed by atoms with Gasteiger partial charge in [0, 0.05) is 6.04 Å². The van der Waals surface area contributed by atoms with Gasteiger partial charge in [0.05, 0.1) is 0 Å². The first-order chi connectivity index (χ1) is 6.77. The maximum absolute atomic E-state index is 13.0. The van der Waals surface area contributed by atoms with Crippen molar-refractivity contribution in [3.05, 3.63) is 35.6 Å². The number of rotatable bonds is 2. The fourth-order valence-electron chi connectivity index (χ4n) is 2.30. The summed E-state index contributed by atoms with van der Waals surface area (Å²) in [5.41, 5.74) is 7.04. The second-order valence-electron chi connectivity index (χ2n) is 4.13. The molecule has 84 valence electrons. The SMILES string of the molecule is Cl.N[C@@H](c1cccc(F)c1)C1CCCC1. The minimum atomic E-state index is -0.184. The second-order valence-corrected chi connectivity index (χ2v) is 4.13. The molecule has 0 radical (unpaired) electrons. The molecular weight excluding hydrogens is 213 g/mol. The van der Waals surface area contributed by atoms with Crippen LogP contribution in [0.2, 0.25) is 0 Å². The quantitative estimate of drug-likeness (QED) is 0.826. The van der Waals surface area contributed by atoms with E-state index in [1.807, 2.05) is 6.07 Å². The molecule has 1 atom stereocenters.